The van der Waals surface area contributed by atoms with Gasteiger partial charge in [0, 0.05) is 0 Å². The van der Waals surface area contributed by atoms with Crippen molar-refractivity contribution >= 4 is 0 Å². The van der Waals surface area contributed by atoms with Gasteiger partial charge in [0.25, 0.3) is 0 Å². The number of ether oxygens (including phenoxy) is 1. The van der Waals surface area contributed by atoms with E-state index in [1.54, 1.807) is 0 Å². The molecule has 0 aliphatic heterocycles. The average Bonchev–Trinajstić information content (AvgIpc) is 2.63. The lowest BCUT2D eigenvalue weighted by Gasteiger charge is -2.38. The summed E-state index contributed by atoms with van der Waals surface area (Å²) in [6.07, 6.45) is 17.9. The van der Waals surface area contributed by atoms with Crippen LogP contribution in [0.2, 0.25) is 0 Å². The van der Waals surface area contributed by atoms with E-state index in [1.165, 1.54) is 88.2 Å². The van der Waals surface area contributed by atoms with E-state index in [9.17, 15) is 0 Å². The molecule has 0 N–H and O–H groups in total. The number of unbranched alkanes of at least 4 members (excludes halogenated alkanes) is 3. The molecule has 0 saturated heterocycles. The van der Waals surface area contributed by atoms with Gasteiger partial charge in [0.05, 0.1) is 6.61 Å². The largest absolute Gasteiger partial charge is 0.493 e. The third-order valence-corrected chi connectivity index (χ3v) is 6.16. The monoisotopic (exact) mass is 344 g/mol. The Balaban J connectivity index is 1.91. The molecule has 1 aromatic carbocycles. The molecule has 1 aliphatic carbocycles. The smallest absolute Gasteiger partial charge is 0.122 e. The summed E-state index contributed by atoms with van der Waals surface area (Å²) in [5, 5.41) is 0. The van der Waals surface area contributed by atoms with Crippen LogP contribution >= 0.6 is 0 Å². The summed E-state index contributed by atoms with van der Waals surface area (Å²) in [7, 11) is 0. The molecule has 0 radical (unpaired) electrons. The van der Waals surface area contributed by atoms with Crippen LogP contribution in [-0.2, 0) is 6.42 Å². The van der Waals surface area contributed by atoms with Crippen LogP contribution in [0.3, 0.4) is 0 Å². The number of benzene rings is 1. The van der Waals surface area contributed by atoms with E-state index in [0.717, 1.165) is 18.8 Å². The topological polar surface area (TPSA) is 9.23 Å². The first kappa shape index (κ1) is 20.3. The molecule has 0 unspecified atom stereocenters. The van der Waals surface area contributed by atoms with E-state index < -0.39 is 0 Å². The highest BCUT2D eigenvalue weighted by molar-refractivity contribution is 5.36. The summed E-state index contributed by atoms with van der Waals surface area (Å²) in [6.45, 7) is 7.57. The summed E-state index contributed by atoms with van der Waals surface area (Å²) >= 11 is 0. The van der Waals surface area contributed by atoms with Crippen molar-refractivity contribution in [3.63, 3.8) is 0 Å². The zero-order valence-electron chi connectivity index (χ0n) is 17.0. The van der Waals surface area contributed by atoms with Crippen molar-refractivity contribution in [2.75, 3.05) is 6.61 Å². The minimum atomic E-state index is 0.637. The minimum Gasteiger partial charge on any atom is -0.493 e. The fourth-order valence-corrected chi connectivity index (χ4v) is 4.44. The predicted molar refractivity (Wildman–Crippen MR) is 110 cm³/mol. The van der Waals surface area contributed by atoms with E-state index in [-0.39, 0.29) is 0 Å². The van der Waals surface area contributed by atoms with Crippen molar-refractivity contribution in [1.29, 1.82) is 0 Å². The number of hydrogen-bond acceptors (Lipinski definition) is 1. The Kier molecular flexibility index (Phi) is 8.85. The van der Waals surface area contributed by atoms with Gasteiger partial charge in [-0.3, -0.25) is 0 Å². The summed E-state index contributed by atoms with van der Waals surface area (Å²) < 4.78 is 5.91. The molecule has 1 aliphatic rings. The molecule has 0 atom stereocenters. The van der Waals surface area contributed by atoms with E-state index in [4.69, 9.17) is 4.74 Å². The predicted octanol–water partition coefficient (Wildman–Crippen LogP) is 7.64. The van der Waals surface area contributed by atoms with Crippen molar-refractivity contribution < 1.29 is 4.74 Å². The van der Waals surface area contributed by atoms with Gasteiger partial charge in [-0.15, -0.1) is 0 Å². The second kappa shape index (κ2) is 10.9. The molecule has 0 aromatic heterocycles. The molecule has 0 spiro atoms. The van der Waals surface area contributed by atoms with Gasteiger partial charge in [0.2, 0.25) is 0 Å². The molecule has 2 rings (SSSR count). The maximum atomic E-state index is 5.91. The van der Waals surface area contributed by atoms with Gasteiger partial charge in [-0.25, -0.2) is 0 Å². The molecule has 1 heteroatoms. The zero-order valence-corrected chi connectivity index (χ0v) is 17.0. The molecule has 1 fully saturated rings. The summed E-state index contributed by atoms with van der Waals surface area (Å²) in [5.74, 6) is 1.08. The molecule has 25 heavy (non-hydrogen) atoms. The van der Waals surface area contributed by atoms with Crippen LogP contribution in [0.15, 0.2) is 18.2 Å². The standard InChI is InChI=1S/C24H40O/c1-4-6-9-15-24(16-10-8-11-17-24)18-14-22-12-13-23(21(3)20-22)25-19-7-5-2/h12-13,20H,4-11,14-19H2,1-3H3. The number of aryl methyl sites for hydroxylation is 2. The summed E-state index contributed by atoms with van der Waals surface area (Å²) in [4.78, 5) is 0. The molecule has 142 valence electrons. The summed E-state index contributed by atoms with van der Waals surface area (Å²) in [6, 6.07) is 6.87. The number of rotatable bonds is 11. The van der Waals surface area contributed by atoms with Crippen molar-refractivity contribution in [2.45, 2.75) is 104 Å². The Morgan fingerprint density at radius 2 is 1.68 bits per heavy atom. The van der Waals surface area contributed by atoms with Crippen LogP contribution < -0.4 is 4.74 Å². The highest BCUT2D eigenvalue weighted by Gasteiger charge is 2.30. The lowest BCUT2D eigenvalue weighted by molar-refractivity contribution is 0.152. The van der Waals surface area contributed by atoms with Gasteiger partial charge in [0.15, 0.2) is 0 Å². The van der Waals surface area contributed by atoms with Gasteiger partial charge in [-0.2, -0.15) is 0 Å². The molecule has 1 aromatic rings. The van der Waals surface area contributed by atoms with Crippen molar-refractivity contribution in [3.05, 3.63) is 29.3 Å². The minimum absolute atomic E-state index is 0.637. The second-order valence-electron chi connectivity index (χ2n) is 8.32. The zero-order chi connectivity index (χ0) is 18.0. The number of hydrogen-bond donors (Lipinski definition) is 0. The molecule has 0 heterocycles. The lowest BCUT2D eigenvalue weighted by Crippen LogP contribution is -2.25. The SMILES string of the molecule is CCCCCC1(CCc2ccc(OCCCC)c(C)c2)CCCCC1. The highest BCUT2D eigenvalue weighted by atomic mass is 16.5. The van der Waals surface area contributed by atoms with Crippen LogP contribution in [0.25, 0.3) is 0 Å². The van der Waals surface area contributed by atoms with Crippen LogP contribution in [-0.4, -0.2) is 6.61 Å². The second-order valence-corrected chi connectivity index (χ2v) is 8.32. The maximum Gasteiger partial charge on any atom is 0.122 e. The van der Waals surface area contributed by atoms with Gasteiger partial charge < -0.3 is 4.74 Å². The van der Waals surface area contributed by atoms with Crippen molar-refractivity contribution in [1.82, 2.24) is 0 Å². The summed E-state index contributed by atoms with van der Waals surface area (Å²) in [5.41, 5.74) is 3.44. The third-order valence-electron chi connectivity index (χ3n) is 6.16. The fraction of sp³-hybridized carbons (Fsp3) is 0.750. The maximum absolute atomic E-state index is 5.91. The fourth-order valence-electron chi connectivity index (χ4n) is 4.44. The molecule has 0 bridgehead atoms. The van der Waals surface area contributed by atoms with Crippen LogP contribution in [0, 0.1) is 12.3 Å². The Hall–Kier alpha value is -0.980. The first-order valence-corrected chi connectivity index (χ1v) is 10.9. The third kappa shape index (κ3) is 6.68. The Morgan fingerprint density at radius 3 is 2.36 bits per heavy atom. The van der Waals surface area contributed by atoms with Gasteiger partial charge >= 0.3 is 0 Å². The molecule has 0 amide bonds. The van der Waals surface area contributed by atoms with E-state index >= 15 is 0 Å². The molecular weight excluding hydrogens is 304 g/mol. The van der Waals surface area contributed by atoms with E-state index in [2.05, 4.69) is 39.0 Å². The van der Waals surface area contributed by atoms with Crippen LogP contribution in [0.1, 0.15) is 102 Å². The Labute approximate surface area is 156 Å². The van der Waals surface area contributed by atoms with Crippen molar-refractivity contribution in [3.8, 4) is 5.75 Å². The van der Waals surface area contributed by atoms with Crippen molar-refractivity contribution in [2.24, 2.45) is 5.41 Å². The Bertz CT molecular complexity index is 485. The van der Waals surface area contributed by atoms with Crippen LogP contribution in [0.5, 0.6) is 5.75 Å². The van der Waals surface area contributed by atoms with Gasteiger partial charge in [-0.05, 0) is 68.1 Å². The average molecular weight is 345 g/mol. The first-order chi connectivity index (χ1) is 12.2. The molecular formula is C24H40O. The first-order valence-electron chi connectivity index (χ1n) is 10.9. The highest BCUT2D eigenvalue weighted by Crippen LogP contribution is 2.44. The quantitative estimate of drug-likeness (QED) is 0.375. The molecule has 1 nitrogen and oxygen atoms in total. The van der Waals surface area contributed by atoms with Gasteiger partial charge in [-0.1, -0.05) is 70.9 Å². The van der Waals surface area contributed by atoms with Crippen LogP contribution in [0.4, 0.5) is 0 Å². The normalized spacial score (nSPS) is 16.8. The van der Waals surface area contributed by atoms with E-state index in [0.29, 0.717) is 5.41 Å². The van der Waals surface area contributed by atoms with Gasteiger partial charge in [0.1, 0.15) is 5.75 Å². The Morgan fingerprint density at radius 1 is 0.920 bits per heavy atom. The lowest BCUT2D eigenvalue weighted by atomic mass is 9.68. The molecule has 1 saturated carbocycles. The van der Waals surface area contributed by atoms with E-state index in [1.807, 2.05) is 0 Å².